The van der Waals surface area contributed by atoms with Crippen molar-refractivity contribution in [2.45, 2.75) is 18.2 Å². The first kappa shape index (κ1) is 31.9. The minimum atomic E-state index is -0.451. The van der Waals surface area contributed by atoms with E-state index < -0.39 is 6.17 Å². The zero-order chi connectivity index (χ0) is 37.5. The lowest BCUT2D eigenvalue weighted by atomic mass is 9.85. The van der Waals surface area contributed by atoms with Crippen LogP contribution < -0.4 is 10.1 Å². The zero-order valence-electron chi connectivity index (χ0n) is 30.8. The Morgan fingerprint density at radius 3 is 1.93 bits per heavy atom. The average molecular weight is 734 g/mol. The maximum absolute atomic E-state index is 7.25. The topological polar surface area (TPSA) is 55.8 Å². The van der Waals surface area contributed by atoms with Crippen molar-refractivity contribution in [2.75, 3.05) is 0 Å². The number of ether oxygens (including phenoxy) is 1. The second-order valence-corrected chi connectivity index (χ2v) is 14.9. The van der Waals surface area contributed by atoms with Crippen LogP contribution in [0, 0.1) is 0 Å². The molecule has 1 N–H and O–H groups in total. The number of hydrogen-bond donors (Lipinski definition) is 1. The lowest BCUT2D eigenvalue weighted by molar-refractivity contribution is 0.224. The summed E-state index contributed by atoms with van der Waals surface area (Å²) in [6, 6.07) is 62.0. The maximum atomic E-state index is 7.25. The molecule has 0 saturated heterocycles. The molecule has 2 aromatic heterocycles. The fraction of sp³-hybridized carbons (Fsp3) is 0.0588. The summed E-state index contributed by atoms with van der Waals surface area (Å²) in [4.78, 5) is 10.6. The molecule has 0 saturated carbocycles. The molecule has 0 amide bonds. The third-order valence-electron chi connectivity index (χ3n) is 11.8. The van der Waals surface area contributed by atoms with Crippen molar-refractivity contribution in [2.24, 2.45) is 9.98 Å². The molecule has 6 nitrogen and oxygen atoms in total. The minimum absolute atomic E-state index is 0.0435. The molecule has 2 aliphatic heterocycles. The van der Waals surface area contributed by atoms with Crippen LogP contribution in [0.1, 0.15) is 46.1 Å². The molecule has 0 fully saturated rings. The fourth-order valence-corrected chi connectivity index (χ4v) is 9.23. The van der Waals surface area contributed by atoms with Gasteiger partial charge in [-0.3, -0.25) is 4.57 Å². The summed E-state index contributed by atoms with van der Waals surface area (Å²) >= 11 is 0. The van der Waals surface area contributed by atoms with E-state index >= 15 is 0 Å². The molecule has 270 valence electrons. The number of rotatable bonds is 4. The van der Waals surface area contributed by atoms with Crippen molar-refractivity contribution >= 4 is 50.6 Å². The minimum Gasteiger partial charge on any atom is -0.484 e. The molecule has 6 heteroatoms. The van der Waals surface area contributed by atoms with E-state index in [0.29, 0.717) is 0 Å². The molecule has 0 radical (unpaired) electrons. The molecule has 3 unspecified atom stereocenters. The van der Waals surface area contributed by atoms with Crippen LogP contribution in [0.5, 0.6) is 5.75 Å². The van der Waals surface area contributed by atoms with Crippen LogP contribution in [0.15, 0.2) is 192 Å². The van der Waals surface area contributed by atoms with Gasteiger partial charge in [-0.1, -0.05) is 146 Å². The predicted octanol–water partition coefficient (Wildman–Crippen LogP) is 11.6. The fourth-order valence-electron chi connectivity index (χ4n) is 9.23. The predicted molar refractivity (Wildman–Crippen MR) is 231 cm³/mol. The van der Waals surface area contributed by atoms with E-state index in [2.05, 4.69) is 196 Å². The number of hydrogen-bond acceptors (Lipinski definition) is 4. The van der Waals surface area contributed by atoms with Crippen LogP contribution >= 0.6 is 0 Å². The first-order chi connectivity index (χ1) is 28.3. The summed E-state index contributed by atoms with van der Waals surface area (Å²) in [5.74, 6) is 2.36. The van der Waals surface area contributed by atoms with E-state index in [-0.39, 0.29) is 12.0 Å². The molecule has 3 aliphatic rings. The van der Waals surface area contributed by atoms with Crippen LogP contribution in [0.25, 0.3) is 55.6 Å². The number of benzene rings is 7. The second-order valence-electron chi connectivity index (χ2n) is 14.9. The summed E-state index contributed by atoms with van der Waals surface area (Å²) in [6.07, 6.45) is 3.97. The van der Waals surface area contributed by atoms with E-state index in [1.54, 1.807) is 0 Å². The zero-order valence-corrected chi connectivity index (χ0v) is 30.8. The molecular formula is C51H35N5O. The number of aliphatic imine (C=N–C) groups is 2. The molecule has 12 rings (SSSR count). The van der Waals surface area contributed by atoms with Gasteiger partial charge in [0.1, 0.15) is 17.7 Å². The van der Waals surface area contributed by atoms with Crippen LogP contribution in [-0.2, 0) is 0 Å². The Morgan fingerprint density at radius 1 is 0.544 bits per heavy atom. The highest BCUT2D eigenvalue weighted by molar-refractivity contribution is 6.19. The number of amidine groups is 1. The monoisotopic (exact) mass is 733 g/mol. The van der Waals surface area contributed by atoms with Crippen molar-refractivity contribution in [3.05, 3.63) is 210 Å². The normalized spacial score (nSPS) is 18.1. The standard InChI is InChI=1S/C51H35N5O/c1-3-15-32(16-4-1)34-19-13-20-35(31-34)55-44-28-12-9-23-40(44)46-45(55)30-29-39-38-24-14-25-41(47(38)57-48(39)46)50-52-49(33-17-5-2-6-18-33)53-51(54-50)56-42-26-10-7-21-36(42)37-22-8-11-27-43(37)56/h1-31,39,48-49H,(H,52,53,54). The van der Waals surface area contributed by atoms with E-state index in [4.69, 9.17) is 14.7 Å². The van der Waals surface area contributed by atoms with E-state index in [0.717, 1.165) is 62.2 Å². The first-order valence-electron chi connectivity index (χ1n) is 19.5. The Labute approximate surface area is 329 Å². The van der Waals surface area contributed by atoms with Gasteiger partial charge in [-0.25, -0.2) is 9.98 Å². The summed E-state index contributed by atoms with van der Waals surface area (Å²) in [5, 5.41) is 7.28. The van der Waals surface area contributed by atoms with Gasteiger partial charge in [0.05, 0.1) is 27.8 Å². The summed E-state index contributed by atoms with van der Waals surface area (Å²) in [6.45, 7) is 0. The van der Waals surface area contributed by atoms with E-state index in [1.165, 1.54) is 32.8 Å². The lowest BCUT2D eigenvalue weighted by Gasteiger charge is -2.24. The van der Waals surface area contributed by atoms with E-state index in [9.17, 15) is 0 Å². The van der Waals surface area contributed by atoms with Gasteiger partial charge in [0.2, 0.25) is 5.96 Å². The van der Waals surface area contributed by atoms with E-state index in [1.807, 2.05) is 6.07 Å². The second kappa shape index (κ2) is 12.5. The Balaban J connectivity index is 0.983. The Hall–Kier alpha value is -7.44. The van der Waals surface area contributed by atoms with Gasteiger partial charge >= 0.3 is 0 Å². The number of fused-ring (bicyclic) bond motifs is 10. The first-order valence-corrected chi connectivity index (χ1v) is 19.5. The van der Waals surface area contributed by atoms with Gasteiger partial charge in [-0.2, -0.15) is 0 Å². The molecule has 0 spiro atoms. The molecule has 57 heavy (non-hydrogen) atoms. The Bertz CT molecular complexity index is 3100. The Kier molecular flexibility index (Phi) is 7.01. The van der Waals surface area contributed by atoms with Gasteiger partial charge in [0.25, 0.3) is 0 Å². The number of nitrogens with zero attached hydrogens (tertiary/aromatic N) is 4. The molecule has 4 heterocycles. The van der Waals surface area contributed by atoms with Gasteiger partial charge in [-0.15, -0.1) is 0 Å². The van der Waals surface area contributed by atoms with Crippen LogP contribution in [0.2, 0.25) is 0 Å². The quantitative estimate of drug-likeness (QED) is 0.196. The number of nitrogens with one attached hydrogen (secondary N) is 1. The lowest BCUT2D eigenvalue weighted by Crippen LogP contribution is -2.39. The number of aromatic nitrogens is 2. The number of para-hydroxylation sites is 4. The summed E-state index contributed by atoms with van der Waals surface area (Å²) < 4.78 is 11.9. The largest absolute Gasteiger partial charge is 0.484 e. The molecular weight excluding hydrogens is 699 g/mol. The van der Waals surface area contributed by atoms with Crippen molar-refractivity contribution < 1.29 is 4.74 Å². The highest BCUT2D eigenvalue weighted by atomic mass is 16.5. The maximum Gasteiger partial charge on any atom is 0.211 e. The molecule has 9 aromatic rings. The molecule has 7 aromatic carbocycles. The van der Waals surface area contributed by atoms with Crippen molar-refractivity contribution in [3.8, 4) is 22.6 Å². The summed E-state index contributed by atoms with van der Waals surface area (Å²) in [7, 11) is 0. The Morgan fingerprint density at radius 2 is 1.18 bits per heavy atom. The van der Waals surface area contributed by atoms with Crippen molar-refractivity contribution in [1.29, 1.82) is 0 Å². The third-order valence-corrected chi connectivity index (χ3v) is 11.8. The van der Waals surface area contributed by atoms with Gasteiger partial charge in [0.15, 0.2) is 6.17 Å². The highest BCUT2D eigenvalue weighted by Crippen LogP contribution is 2.54. The van der Waals surface area contributed by atoms with Gasteiger partial charge < -0.3 is 14.6 Å². The molecule has 1 aliphatic carbocycles. The highest BCUT2D eigenvalue weighted by Gasteiger charge is 2.42. The SMILES string of the molecule is C1=CC2c3cccc(C4=NC(c5ccccc5)N=C(n5c6ccccc6c6ccccc65)N4)c3OC2c2c1n(-c1cccc(-c3ccccc3)c1)c1ccccc21. The third kappa shape index (κ3) is 4.90. The van der Waals surface area contributed by atoms with Crippen molar-refractivity contribution in [1.82, 2.24) is 14.5 Å². The summed E-state index contributed by atoms with van der Waals surface area (Å²) in [5.41, 5.74) is 12.3. The van der Waals surface area contributed by atoms with Gasteiger partial charge in [0, 0.05) is 38.9 Å². The van der Waals surface area contributed by atoms with Crippen LogP contribution in [-0.4, -0.2) is 20.9 Å². The van der Waals surface area contributed by atoms with Crippen molar-refractivity contribution in [3.63, 3.8) is 0 Å². The van der Waals surface area contributed by atoms with Gasteiger partial charge in [-0.05, 0) is 59.2 Å². The molecule has 0 bridgehead atoms. The van der Waals surface area contributed by atoms with Crippen LogP contribution in [0.4, 0.5) is 0 Å². The average Bonchev–Trinajstić information content (AvgIpc) is 3.95. The van der Waals surface area contributed by atoms with Crippen LogP contribution in [0.3, 0.4) is 0 Å². The smallest absolute Gasteiger partial charge is 0.211 e. The molecule has 3 atom stereocenters.